The molecule has 1 amide bonds. The van der Waals surface area contributed by atoms with Crippen molar-refractivity contribution in [2.75, 3.05) is 6.26 Å². The molecule has 0 spiro atoms. The number of allylic oxidation sites excluding steroid dienone is 2. The number of rotatable bonds is 8. The smallest absolute Gasteiger partial charge is 0.253 e. The van der Waals surface area contributed by atoms with Crippen LogP contribution in [0.2, 0.25) is 0 Å². The van der Waals surface area contributed by atoms with Crippen LogP contribution in [0.3, 0.4) is 0 Å². The van der Waals surface area contributed by atoms with Gasteiger partial charge in [-0.25, -0.2) is 0 Å². The summed E-state index contributed by atoms with van der Waals surface area (Å²) < 4.78 is 5.84. The first kappa shape index (κ1) is 20.6. The number of benzene rings is 2. The first-order valence-corrected chi connectivity index (χ1v) is 10.1. The van der Waals surface area contributed by atoms with Crippen molar-refractivity contribution in [3.8, 4) is 11.5 Å². The summed E-state index contributed by atoms with van der Waals surface area (Å²) in [5.41, 5.74) is 7.81. The van der Waals surface area contributed by atoms with Crippen LogP contribution >= 0.6 is 11.8 Å². The summed E-state index contributed by atoms with van der Waals surface area (Å²) in [4.78, 5) is 13.5. The van der Waals surface area contributed by atoms with Crippen LogP contribution in [0.15, 0.2) is 76.8 Å². The molecule has 0 saturated heterocycles. The van der Waals surface area contributed by atoms with E-state index < -0.39 is 0 Å². The molecule has 2 aromatic carbocycles. The van der Waals surface area contributed by atoms with Crippen LogP contribution in [0, 0.1) is 0 Å². The number of hydrogen-bond donors (Lipinski definition) is 2. The number of ether oxygens (including phenoxy) is 1. The summed E-state index contributed by atoms with van der Waals surface area (Å²) in [6.07, 6.45) is 6.58. The monoisotopic (exact) mass is 382 g/mol. The highest BCUT2D eigenvalue weighted by Crippen LogP contribution is 2.24. The van der Waals surface area contributed by atoms with Crippen molar-refractivity contribution >= 4 is 17.7 Å². The fourth-order valence-electron chi connectivity index (χ4n) is 2.35. The highest BCUT2D eigenvalue weighted by Gasteiger charge is 2.08. The maximum atomic E-state index is 12.3. The highest BCUT2D eigenvalue weighted by molar-refractivity contribution is 7.98. The third-order valence-corrected chi connectivity index (χ3v) is 4.60. The zero-order chi connectivity index (χ0) is 19.6. The molecule has 0 fully saturated rings. The molecular formula is C22H26N2O2S. The number of thioether (sulfide) groups is 1. The van der Waals surface area contributed by atoms with Crippen molar-refractivity contribution in [3.63, 3.8) is 0 Å². The summed E-state index contributed by atoms with van der Waals surface area (Å²) >= 11 is 1.70. The predicted molar refractivity (Wildman–Crippen MR) is 113 cm³/mol. The number of carbonyl (C=O) groups is 1. The van der Waals surface area contributed by atoms with Gasteiger partial charge in [0.25, 0.3) is 5.91 Å². The second kappa shape index (κ2) is 10.5. The standard InChI is InChI=1S/C22H26N2O2S/c1-4-5-6-21(16(2)23)22(25)24-15-17-7-9-18(10-8-17)26-19-11-13-20(27-3)14-12-19/h5-14H,4,15,23H2,1-3H3,(H,24,25)/b6-5-,21-16-. The van der Waals surface area contributed by atoms with Crippen molar-refractivity contribution in [2.24, 2.45) is 5.73 Å². The van der Waals surface area contributed by atoms with Crippen LogP contribution in [0.1, 0.15) is 25.8 Å². The van der Waals surface area contributed by atoms with E-state index in [4.69, 9.17) is 10.5 Å². The summed E-state index contributed by atoms with van der Waals surface area (Å²) in [5, 5.41) is 2.90. The molecule has 0 atom stereocenters. The Morgan fingerprint density at radius 2 is 1.70 bits per heavy atom. The average molecular weight is 383 g/mol. The van der Waals surface area contributed by atoms with E-state index in [0.29, 0.717) is 17.8 Å². The van der Waals surface area contributed by atoms with Gasteiger partial charge in [0.15, 0.2) is 0 Å². The van der Waals surface area contributed by atoms with Crippen molar-refractivity contribution in [2.45, 2.75) is 31.7 Å². The van der Waals surface area contributed by atoms with E-state index in [9.17, 15) is 4.79 Å². The van der Waals surface area contributed by atoms with E-state index >= 15 is 0 Å². The molecule has 0 aliphatic heterocycles. The van der Waals surface area contributed by atoms with Crippen molar-refractivity contribution < 1.29 is 9.53 Å². The summed E-state index contributed by atoms with van der Waals surface area (Å²) in [7, 11) is 0. The van der Waals surface area contributed by atoms with Gasteiger partial charge < -0.3 is 15.8 Å². The maximum Gasteiger partial charge on any atom is 0.253 e. The molecular weight excluding hydrogens is 356 g/mol. The van der Waals surface area contributed by atoms with Gasteiger partial charge in [-0.1, -0.05) is 31.2 Å². The van der Waals surface area contributed by atoms with Crippen molar-refractivity contribution in [1.29, 1.82) is 0 Å². The molecule has 0 aromatic heterocycles. The Bertz CT molecular complexity index is 805. The van der Waals surface area contributed by atoms with Gasteiger partial charge >= 0.3 is 0 Å². The molecule has 4 nitrogen and oxygen atoms in total. The predicted octanol–water partition coefficient (Wildman–Crippen LogP) is 5.02. The van der Waals surface area contributed by atoms with Crippen LogP contribution in [-0.4, -0.2) is 12.2 Å². The van der Waals surface area contributed by atoms with Crippen LogP contribution in [0.25, 0.3) is 0 Å². The zero-order valence-corrected chi connectivity index (χ0v) is 16.8. The van der Waals surface area contributed by atoms with Gasteiger partial charge in [0, 0.05) is 17.1 Å². The largest absolute Gasteiger partial charge is 0.457 e. The van der Waals surface area contributed by atoms with Crippen LogP contribution in [0.4, 0.5) is 0 Å². The maximum absolute atomic E-state index is 12.3. The summed E-state index contributed by atoms with van der Waals surface area (Å²) in [5.74, 6) is 1.38. The van der Waals surface area contributed by atoms with Crippen LogP contribution < -0.4 is 15.8 Å². The second-order valence-corrected chi connectivity index (χ2v) is 6.89. The summed E-state index contributed by atoms with van der Waals surface area (Å²) in [6, 6.07) is 15.6. The Kier molecular flexibility index (Phi) is 8.01. The number of hydrogen-bond acceptors (Lipinski definition) is 4. The Balaban J connectivity index is 1.94. The Labute approximate surface area is 165 Å². The normalized spacial score (nSPS) is 12.0. The van der Waals surface area contributed by atoms with Gasteiger partial charge in [-0.2, -0.15) is 0 Å². The average Bonchev–Trinajstić information content (AvgIpc) is 2.68. The molecule has 2 rings (SSSR count). The SMILES string of the molecule is CC/C=C\C(C(=O)NCc1ccc(Oc2ccc(SC)cc2)cc1)=C(/C)N. The third-order valence-electron chi connectivity index (χ3n) is 3.86. The van der Waals surface area contributed by atoms with Gasteiger partial charge in [-0.3, -0.25) is 4.79 Å². The highest BCUT2D eigenvalue weighted by atomic mass is 32.2. The molecule has 0 unspecified atom stereocenters. The number of nitrogens with one attached hydrogen (secondary N) is 1. The van der Waals surface area contributed by atoms with E-state index in [0.717, 1.165) is 23.5 Å². The topological polar surface area (TPSA) is 64.3 Å². The molecule has 3 N–H and O–H groups in total. The molecule has 142 valence electrons. The Morgan fingerprint density at radius 1 is 1.11 bits per heavy atom. The molecule has 0 saturated carbocycles. The Morgan fingerprint density at radius 3 is 2.22 bits per heavy atom. The molecule has 2 aromatic rings. The second-order valence-electron chi connectivity index (χ2n) is 6.01. The Hall–Kier alpha value is -2.66. The lowest BCUT2D eigenvalue weighted by Crippen LogP contribution is -2.25. The van der Waals surface area contributed by atoms with Crippen LogP contribution in [-0.2, 0) is 11.3 Å². The van der Waals surface area contributed by atoms with E-state index in [1.54, 1.807) is 24.8 Å². The fourth-order valence-corrected chi connectivity index (χ4v) is 2.76. The van der Waals surface area contributed by atoms with Crippen molar-refractivity contribution in [1.82, 2.24) is 5.32 Å². The number of nitrogens with two attached hydrogens (primary N) is 1. The van der Waals surface area contributed by atoms with Gasteiger partial charge in [0.1, 0.15) is 11.5 Å². The minimum absolute atomic E-state index is 0.172. The fraction of sp³-hybridized carbons (Fsp3) is 0.227. The van der Waals surface area contributed by atoms with Crippen LogP contribution in [0.5, 0.6) is 11.5 Å². The third kappa shape index (κ3) is 6.53. The van der Waals surface area contributed by atoms with Gasteiger partial charge in [0.2, 0.25) is 0 Å². The molecule has 0 radical (unpaired) electrons. The zero-order valence-electron chi connectivity index (χ0n) is 16.0. The molecule has 0 aliphatic carbocycles. The number of amides is 1. The first-order valence-electron chi connectivity index (χ1n) is 8.85. The lowest BCUT2D eigenvalue weighted by Gasteiger charge is -2.09. The first-order chi connectivity index (χ1) is 13.0. The molecule has 5 heteroatoms. The van der Waals surface area contributed by atoms with Crippen molar-refractivity contribution in [3.05, 3.63) is 77.5 Å². The quantitative estimate of drug-likeness (QED) is 0.382. The summed E-state index contributed by atoms with van der Waals surface area (Å²) in [6.45, 7) is 4.17. The van der Waals surface area contributed by atoms with E-state index in [1.807, 2.05) is 67.8 Å². The van der Waals surface area contributed by atoms with Gasteiger partial charge in [0.05, 0.1) is 5.57 Å². The minimum Gasteiger partial charge on any atom is -0.457 e. The molecule has 27 heavy (non-hydrogen) atoms. The number of carbonyl (C=O) groups excluding carboxylic acids is 1. The lowest BCUT2D eigenvalue weighted by molar-refractivity contribution is -0.117. The molecule has 0 heterocycles. The van der Waals surface area contributed by atoms with E-state index in [-0.39, 0.29) is 5.91 Å². The van der Waals surface area contributed by atoms with E-state index in [2.05, 4.69) is 5.32 Å². The van der Waals surface area contributed by atoms with E-state index in [1.165, 1.54) is 4.90 Å². The lowest BCUT2D eigenvalue weighted by atomic mass is 10.1. The van der Waals surface area contributed by atoms with Gasteiger partial charge in [-0.05, 0) is 61.6 Å². The van der Waals surface area contributed by atoms with Gasteiger partial charge in [-0.15, -0.1) is 11.8 Å². The molecule has 0 bridgehead atoms. The minimum atomic E-state index is -0.172. The molecule has 0 aliphatic rings.